The second kappa shape index (κ2) is 9.15. The summed E-state index contributed by atoms with van der Waals surface area (Å²) in [7, 11) is 0. The van der Waals surface area contributed by atoms with Crippen LogP contribution in [-0.2, 0) is 17.5 Å². The summed E-state index contributed by atoms with van der Waals surface area (Å²) in [4.78, 5) is 11.5. The van der Waals surface area contributed by atoms with Gasteiger partial charge in [-0.15, -0.1) is 0 Å². The van der Waals surface area contributed by atoms with Crippen LogP contribution in [0.2, 0.25) is 0 Å². The summed E-state index contributed by atoms with van der Waals surface area (Å²) in [6, 6.07) is 14.9. The number of aryl methyl sites for hydroxylation is 1. The summed E-state index contributed by atoms with van der Waals surface area (Å²) in [5, 5.41) is 9.32. The molecule has 2 aliphatic heterocycles. The topological polar surface area (TPSA) is 68.1 Å². The van der Waals surface area contributed by atoms with Gasteiger partial charge in [-0.25, -0.2) is 0 Å². The van der Waals surface area contributed by atoms with Crippen LogP contribution in [0.25, 0.3) is 22.2 Å². The number of hydrogen-bond acceptors (Lipinski definition) is 6. The highest BCUT2D eigenvalue weighted by molar-refractivity contribution is 5.84. The normalized spacial score (nSPS) is 19.8. The lowest BCUT2D eigenvalue weighted by molar-refractivity contribution is -0.0497. The van der Waals surface area contributed by atoms with E-state index in [1.165, 1.54) is 11.8 Å². The van der Waals surface area contributed by atoms with Gasteiger partial charge in [-0.3, -0.25) is 24.9 Å². The molecule has 1 atom stereocenters. The highest BCUT2D eigenvalue weighted by Crippen LogP contribution is 2.43. The smallest absolute Gasteiger partial charge is 0.387 e. The highest BCUT2D eigenvalue weighted by Gasteiger charge is 2.45. The minimum atomic E-state index is -2.86. The van der Waals surface area contributed by atoms with Crippen LogP contribution in [-0.4, -0.2) is 51.0 Å². The number of rotatable bonds is 7. The highest BCUT2D eigenvalue weighted by atomic mass is 19.3. The monoisotopic (exact) mass is 504 g/mol. The molecule has 1 N–H and O–H groups in total. The van der Waals surface area contributed by atoms with Gasteiger partial charge < -0.3 is 4.74 Å². The summed E-state index contributed by atoms with van der Waals surface area (Å²) in [5.41, 5.74) is 4.62. The van der Waals surface area contributed by atoms with Crippen molar-refractivity contribution in [1.82, 2.24) is 30.0 Å². The third-order valence-corrected chi connectivity index (χ3v) is 7.78. The van der Waals surface area contributed by atoms with Crippen LogP contribution >= 0.6 is 0 Å². The first-order valence-corrected chi connectivity index (χ1v) is 12.6. The molecule has 7 nitrogen and oxygen atoms in total. The minimum absolute atomic E-state index is 0.0879. The molecule has 5 heterocycles. The van der Waals surface area contributed by atoms with E-state index >= 15 is 0 Å². The number of pyridine rings is 2. The molecule has 0 aliphatic carbocycles. The first-order chi connectivity index (χ1) is 17.8. The average Bonchev–Trinajstić information content (AvgIpc) is 3.59. The number of halogens is 2. The molecule has 9 heteroatoms. The van der Waals surface area contributed by atoms with E-state index in [1.807, 2.05) is 24.4 Å². The fourth-order valence-electron chi connectivity index (χ4n) is 5.67. The van der Waals surface area contributed by atoms with E-state index in [-0.39, 0.29) is 16.7 Å². The SMILES string of the molecule is CC(C)(NCN1CC[C@@]2(CCn3nc(-c4cnc5ccc(OC(F)F)cc5c4)cc32)C1)c1ccccn1. The third kappa shape index (κ3) is 4.57. The molecule has 1 saturated heterocycles. The van der Waals surface area contributed by atoms with E-state index < -0.39 is 6.61 Å². The number of hydrogen-bond donors (Lipinski definition) is 1. The lowest BCUT2D eigenvalue weighted by atomic mass is 9.82. The molecule has 3 aromatic heterocycles. The second-order valence-electron chi connectivity index (χ2n) is 10.6. The third-order valence-electron chi connectivity index (χ3n) is 7.78. The maximum atomic E-state index is 12.7. The quantitative estimate of drug-likeness (QED) is 0.385. The van der Waals surface area contributed by atoms with Gasteiger partial charge in [0.2, 0.25) is 0 Å². The maximum absolute atomic E-state index is 12.7. The van der Waals surface area contributed by atoms with Gasteiger partial charge in [0.15, 0.2) is 0 Å². The predicted octanol–water partition coefficient (Wildman–Crippen LogP) is 4.92. The Labute approximate surface area is 214 Å². The Bertz CT molecular complexity index is 1420. The summed E-state index contributed by atoms with van der Waals surface area (Å²) < 4.78 is 32.0. The van der Waals surface area contributed by atoms with Gasteiger partial charge >= 0.3 is 6.61 Å². The largest absolute Gasteiger partial charge is 0.435 e. The zero-order valence-corrected chi connectivity index (χ0v) is 21.0. The Morgan fingerprint density at radius 1 is 1.08 bits per heavy atom. The summed E-state index contributed by atoms with van der Waals surface area (Å²) in [6.45, 7) is 5.16. The maximum Gasteiger partial charge on any atom is 0.387 e. The molecule has 4 aromatic rings. The van der Waals surface area contributed by atoms with Crippen LogP contribution < -0.4 is 10.1 Å². The van der Waals surface area contributed by atoms with Crippen molar-refractivity contribution in [2.75, 3.05) is 19.8 Å². The van der Waals surface area contributed by atoms with Gasteiger partial charge in [-0.1, -0.05) is 6.07 Å². The van der Waals surface area contributed by atoms with E-state index in [0.29, 0.717) is 0 Å². The van der Waals surface area contributed by atoms with E-state index in [9.17, 15) is 8.78 Å². The Morgan fingerprint density at radius 3 is 2.76 bits per heavy atom. The van der Waals surface area contributed by atoms with Crippen molar-refractivity contribution in [1.29, 1.82) is 0 Å². The van der Waals surface area contributed by atoms with Crippen molar-refractivity contribution in [3.05, 3.63) is 72.3 Å². The van der Waals surface area contributed by atoms with E-state index in [0.717, 1.165) is 67.0 Å². The van der Waals surface area contributed by atoms with Gasteiger partial charge in [0.05, 0.1) is 22.4 Å². The van der Waals surface area contributed by atoms with Crippen LogP contribution in [0.1, 0.15) is 38.1 Å². The van der Waals surface area contributed by atoms with Crippen LogP contribution in [0.5, 0.6) is 5.75 Å². The van der Waals surface area contributed by atoms with Gasteiger partial charge in [0.25, 0.3) is 0 Å². The number of alkyl halides is 2. The van der Waals surface area contributed by atoms with Gasteiger partial charge in [0, 0.05) is 60.8 Å². The number of likely N-dealkylation sites (tertiary alicyclic amines) is 1. The second-order valence-corrected chi connectivity index (χ2v) is 10.6. The molecule has 37 heavy (non-hydrogen) atoms. The number of nitrogens with zero attached hydrogens (tertiary/aromatic N) is 5. The fraction of sp³-hybridized carbons (Fsp3) is 0.393. The molecule has 0 radical (unpaired) electrons. The Hall–Kier alpha value is -3.43. The number of ether oxygens (including phenoxy) is 1. The minimum Gasteiger partial charge on any atom is -0.435 e. The first-order valence-electron chi connectivity index (χ1n) is 12.6. The van der Waals surface area contributed by atoms with Crippen molar-refractivity contribution in [3.63, 3.8) is 0 Å². The van der Waals surface area contributed by atoms with Gasteiger partial charge in [0.1, 0.15) is 5.75 Å². The molecule has 2 aliphatic rings. The summed E-state index contributed by atoms with van der Waals surface area (Å²) >= 11 is 0. The summed E-state index contributed by atoms with van der Waals surface area (Å²) in [6.07, 6.45) is 5.81. The standard InChI is InChI=1S/C28H30F2N6O/c1-27(2,24-5-3-4-10-31-24)33-18-35-11-8-28(17-35)9-12-36-25(28)15-23(34-36)20-13-19-14-21(37-26(29)30)6-7-22(19)32-16-20/h3-7,10,13-16,26,33H,8-9,11-12,17-18H2,1-2H3/t28-/m1/s1. The van der Waals surface area contributed by atoms with Crippen molar-refractivity contribution in [3.8, 4) is 17.0 Å². The van der Waals surface area contributed by atoms with E-state index in [2.05, 4.69) is 55.6 Å². The lowest BCUT2D eigenvalue weighted by Crippen LogP contribution is -2.44. The van der Waals surface area contributed by atoms with Crippen molar-refractivity contribution in [2.24, 2.45) is 0 Å². The Morgan fingerprint density at radius 2 is 1.95 bits per heavy atom. The van der Waals surface area contributed by atoms with Crippen molar-refractivity contribution < 1.29 is 13.5 Å². The average molecular weight is 505 g/mol. The molecule has 0 unspecified atom stereocenters. The molecule has 0 saturated carbocycles. The van der Waals surface area contributed by atoms with Crippen molar-refractivity contribution >= 4 is 10.9 Å². The molecular formula is C28H30F2N6O. The van der Waals surface area contributed by atoms with Gasteiger partial charge in [-0.05, 0) is 69.2 Å². The molecule has 1 spiro atoms. The first kappa shape index (κ1) is 23.9. The summed E-state index contributed by atoms with van der Waals surface area (Å²) in [5.74, 6) is 0.124. The predicted molar refractivity (Wildman–Crippen MR) is 137 cm³/mol. The molecule has 192 valence electrons. The Balaban J connectivity index is 1.19. The van der Waals surface area contributed by atoms with Crippen LogP contribution in [0, 0.1) is 0 Å². The molecule has 6 rings (SSSR count). The van der Waals surface area contributed by atoms with Crippen molar-refractivity contribution in [2.45, 2.75) is 50.8 Å². The number of aromatic nitrogens is 4. The van der Waals surface area contributed by atoms with E-state index in [4.69, 9.17) is 5.10 Å². The number of fused-ring (bicyclic) bond motifs is 3. The number of nitrogens with one attached hydrogen (secondary N) is 1. The lowest BCUT2D eigenvalue weighted by Gasteiger charge is -2.30. The molecular weight excluding hydrogens is 474 g/mol. The number of benzene rings is 1. The van der Waals surface area contributed by atoms with E-state index in [1.54, 1.807) is 18.3 Å². The van der Waals surface area contributed by atoms with Crippen LogP contribution in [0.4, 0.5) is 8.78 Å². The van der Waals surface area contributed by atoms with Crippen LogP contribution in [0.15, 0.2) is 60.9 Å². The molecule has 0 amide bonds. The van der Waals surface area contributed by atoms with Crippen LogP contribution in [0.3, 0.4) is 0 Å². The van der Waals surface area contributed by atoms with Gasteiger partial charge in [-0.2, -0.15) is 13.9 Å². The Kier molecular flexibility index (Phi) is 5.92. The molecule has 0 bridgehead atoms. The zero-order chi connectivity index (χ0) is 25.6. The zero-order valence-electron chi connectivity index (χ0n) is 21.0. The molecule has 1 aromatic carbocycles. The molecule has 1 fully saturated rings. The fourth-order valence-corrected chi connectivity index (χ4v) is 5.67.